The van der Waals surface area contributed by atoms with Crippen molar-refractivity contribution in [1.82, 2.24) is 14.5 Å². The minimum atomic E-state index is -0.194. The molecule has 1 aromatic heterocycles. The number of ether oxygens (including phenoxy) is 1. The monoisotopic (exact) mass is 365 g/mol. The number of carbonyl (C=O) groups excluding carboxylic acids is 1. The zero-order chi connectivity index (χ0) is 19.4. The number of rotatable bonds is 6. The van der Waals surface area contributed by atoms with Crippen molar-refractivity contribution in [2.45, 2.75) is 26.9 Å². The lowest BCUT2D eigenvalue weighted by Crippen LogP contribution is -2.35. The summed E-state index contributed by atoms with van der Waals surface area (Å²) in [5.41, 5.74) is 1.45. The molecule has 0 bridgehead atoms. The summed E-state index contributed by atoms with van der Waals surface area (Å²) in [6, 6.07) is 14.8. The molecule has 2 aromatic carbocycles. The van der Waals surface area contributed by atoms with E-state index >= 15 is 0 Å². The molecule has 0 aliphatic carbocycles. The van der Waals surface area contributed by atoms with E-state index in [0.29, 0.717) is 29.9 Å². The Kier molecular flexibility index (Phi) is 5.54. The number of likely N-dealkylation sites (N-methyl/N-ethyl adjacent to an activating group) is 1. The Hall–Kier alpha value is -3.15. The third-order valence-electron chi connectivity index (χ3n) is 4.43. The minimum absolute atomic E-state index is 0.0317. The third kappa shape index (κ3) is 4.16. The van der Waals surface area contributed by atoms with Gasteiger partial charge in [-0.05, 0) is 43.7 Å². The van der Waals surface area contributed by atoms with Crippen molar-refractivity contribution in [3.05, 3.63) is 70.3 Å². The first-order chi connectivity index (χ1) is 13.0. The molecule has 6 heteroatoms. The molecule has 0 unspecified atom stereocenters. The Morgan fingerprint density at radius 1 is 1.15 bits per heavy atom. The first kappa shape index (κ1) is 18.6. The molecule has 0 atom stereocenters. The van der Waals surface area contributed by atoms with E-state index in [0.717, 1.165) is 11.3 Å². The molecular formula is C21H23N3O3. The zero-order valence-electron chi connectivity index (χ0n) is 15.8. The van der Waals surface area contributed by atoms with Crippen LogP contribution in [0.3, 0.4) is 0 Å². The van der Waals surface area contributed by atoms with Crippen LogP contribution in [0, 0.1) is 6.92 Å². The number of amides is 1. The van der Waals surface area contributed by atoms with Crippen LogP contribution in [0.25, 0.3) is 10.9 Å². The van der Waals surface area contributed by atoms with Gasteiger partial charge in [0.05, 0.1) is 17.5 Å². The molecule has 3 aromatic rings. The molecule has 1 amide bonds. The summed E-state index contributed by atoms with van der Waals surface area (Å²) in [6.07, 6.45) is 0. The van der Waals surface area contributed by atoms with E-state index < -0.39 is 0 Å². The Morgan fingerprint density at radius 3 is 2.56 bits per heavy atom. The topological polar surface area (TPSA) is 64.4 Å². The number of para-hydroxylation sites is 1. The molecule has 0 fully saturated rings. The van der Waals surface area contributed by atoms with Crippen LogP contribution in [0.2, 0.25) is 0 Å². The highest BCUT2D eigenvalue weighted by Crippen LogP contribution is 2.14. The second kappa shape index (κ2) is 8.03. The van der Waals surface area contributed by atoms with Gasteiger partial charge in [-0.15, -0.1) is 0 Å². The number of hydrogen-bond donors (Lipinski definition) is 0. The van der Waals surface area contributed by atoms with Crippen molar-refractivity contribution in [3.63, 3.8) is 0 Å². The molecule has 0 saturated heterocycles. The number of carbonyl (C=O) groups is 1. The Bertz CT molecular complexity index is 1010. The first-order valence-electron chi connectivity index (χ1n) is 8.91. The highest BCUT2D eigenvalue weighted by molar-refractivity contribution is 5.79. The molecular weight excluding hydrogens is 342 g/mol. The van der Waals surface area contributed by atoms with Crippen molar-refractivity contribution in [3.8, 4) is 5.75 Å². The van der Waals surface area contributed by atoms with Gasteiger partial charge in [-0.3, -0.25) is 14.2 Å². The highest BCUT2D eigenvalue weighted by Gasteiger charge is 2.15. The maximum atomic E-state index is 12.7. The standard InChI is InChI=1S/C21H23N3O3/c1-4-27-17-11-9-16(10-12-17)13-23(3)20(25)14-24-15(2)22-19-8-6-5-7-18(19)21(24)26/h5-12H,4,13-14H2,1-3H3. The minimum Gasteiger partial charge on any atom is -0.494 e. The number of benzene rings is 2. The molecule has 1 heterocycles. The number of hydrogen-bond acceptors (Lipinski definition) is 4. The van der Waals surface area contributed by atoms with Gasteiger partial charge in [0.25, 0.3) is 5.56 Å². The van der Waals surface area contributed by atoms with E-state index in [2.05, 4.69) is 4.98 Å². The van der Waals surface area contributed by atoms with Crippen LogP contribution < -0.4 is 10.3 Å². The van der Waals surface area contributed by atoms with Gasteiger partial charge in [0.15, 0.2) is 0 Å². The van der Waals surface area contributed by atoms with Gasteiger partial charge in [0.1, 0.15) is 18.1 Å². The summed E-state index contributed by atoms with van der Waals surface area (Å²) in [5, 5.41) is 0.519. The van der Waals surface area contributed by atoms with Crippen LogP contribution >= 0.6 is 0 Å². The van der Waals surface area contributed by atoms with Crippen LogP contribution in [0.4, 0.5) is 0 Å². The summed E-state index contributed by atoms with van der Waals surface area (Å²) < 4.78 is 6.86. The highest BCUT2D eigenvalue weighted by atomic mass is 16.5. The first-order valence-corrected chi connectivity index (χ1v) is 8.91. The quantitative estimate of drug-likeness (QED) is 0.674. The maximum absolute atomic E-state index is 12.7. The van der Waals surface area contributed by atoms with Crippen molar-refractivity contribution < 1.29 is 9.53 Å². The van der Waals surface area contributed by atoms with Gasteiger partial charge < -0.3 is 9.64 Å². The number of aryl methyl sites for hydroxylation is 1. The van der Waals surface area contributed by atoms with Gasteiger partial charge in [-0.1, -0.05) is 24.3 Å². The second-order valence-electron chi connectivity index (χ2n) is 6.39. The molecule has 140 valence electrons. The van der Waals surface area contributed by atoms with Crippen LogP contribution in [0.15, 0.2) is 53.3 Å². The fraction of sp³-hybridized carbons (Fsp3) is 0.286. The average molecular weight is 365 g/mol. The predicted molar refractivity (Wildman–Crippen MR) is 105 cm³/mol. The fourth-order valence-electron chi connectivity index (χ4n) is 2.94. The Balaban J connectivity index is 1.75. The van der Waals surface area contributed by atoms with Gasteiger partial charge in [-0.2, -0.15) is 0 Å². The van der Waals surface area contributed by atoms with Gasteiger partial charge >= 0.3 is 0 Å². The lowest BCUT2D eigenvalue weighted by molar-refractivity contribution is -0.131. The lowest BCUT2D eigenvalue weighted by Gasteiger charge is -2.19. The van der Waals surface area contributed by atoms with Crippen LogP contribution in [0.1, 0.15) is 18.3 Å². The number of aromatic nitrogens is 2. The normalized spacial score (nSPS) is 10.8. The van der Waals surface area contributed by atoms with Gasteiger partial charge in [-0.25, -0.2) is 4.98 Å². The van der Waals surface area contributed by atoms with Crippen molar-refractivity contribution >= 4 is 16.8 Å². The third-order valence-corrected chi connectivity index (χ3v) is 4.43. The van der Waals surface area contributed by atoms with E-state index in [9.17, 15) is 9.59 Å². The number of nitrogens with zero attached hydrogens (tertiary/aromatic N) is 3. The molecule has 0 saturated carbocycles. The molecule has 0 aliphatic rings. The van der Waals surface area contributed by atoms with E-state index in [-0.39, 0.29) is 18.0 Å². The van der Waals surface area contributed by atoms with Gasteiger partial charge in [0.2, 0.25) is 5.91 Å². The van der Waals surface area contributed by atoms with Crippen molar-refractivity contribution in [1.29, 1.82) is 0 Å². The van der Waals surface area contributed by atoms with Crippen LogP contribution in [-0.2, 0) is 17.9 Å². The van der Waals surface area contributed by atoms with Crippen molar-refractivity contribution in [2.75, 3.05) is 13.7 Å². The van der Waals surface area contributed by atoms with E-state index in [4.69, 9.17) is 4.74 Å². The van der Waals surface area contributed by atoms with Crippen LogP contribution in [-0.4, -0.2) is 34.0 Å². The predicted octanol–water partition coefficient (Wildman–Crippen LogP) is 2.76. The second-order valence-corrected chi connectivity index (χ2v) is 6.39. The summed E-state index contributed by atoms with van der Waals surface area (Å²) in [6.45, 7) is 4.72. The lowest BCUT2D eigenvalue weighted by atomic mass is 10.2. The van der Waals surface area contributed by atoms with E-state index in [1.54, 1.807) is 37.1 Å². The molecule has 0 spiro atoms. The summed E-state index contributed by atoms with van der Waals surface area (Å²) >= 11 is 0. The molecule has 0 N–H and O–H groups in total. The fourth-order valence-corrected chi connectivity index (χ4v) is 2.94. The van der Waals surface area contributed by atoms with Crippen molar-refractivity contribution in [2.24, 2.45) is 0 Å². The molecule has 27 heavy (non-hydrogen) atoms. The molecule has 6 nitrogen and oxygen atoms in total. The van der Waals surface area contributed by atoms with E-state index in [1.165, 1.54) is 4.57 Å². The van der Waals surface area contributed by atoms with Crippen LogP contribution in [0.5, 0.6) is 5.75 Å². The summed E-state index contributed by atoms with van der Waals surface area (Å²) in [7, 11) is 1.73. The van der Waals surface area contributed by atoms with E-state index in [1.807, 2.05) is 37.3 Å². The smallest absolute Gasteiger partial charge is 0.261 e. The van der Waals surface area contributed by atoms with Gasteiger partial charge in [0, 0.05) is 13.6 Å². The maximum Gasteiger partial charge on any atom is 0.261 e. The SMILES string of the molecule is CCOc1ccc(CN(C)C(=O)Cn2c(C)nc3ccccc3c2=O)cc1. The molecule has 0 aliphatic heterocycles. The summed E-state index contributed by atoms with van der Waals surface area (Å²) in [4.78, 5) is 31.4. The zero-order valence-corrected chi connectivity index (χ0v) is 15.8. The Morgan fingerprint density at radius 2 is 1.85 bits per heavy atom. The summed E-state index contributed by atoms with van der Waals surface area (Å²) in [5.74, 6) is 1.19. The largest absolute Gasteiger partial charge is 0.494 e. The average Bonchev–Trinajstić information content (AvgIpc) is 2.66. The molecule has 0 radical (unpaired) electrons. The Labute approximate surface area is 158 Å². The molecule has 3 rings (SSSR count). The number of fused-ring (bicyclic) bond motifs is 1.